The van der Waals surface area contributed by atoms with E-state index in [4.69, 9.17) is 0 Å². The number of pyridine rings is 1. The van der Waals surface area contributed by atoms with Crippen LogP contribution in [-0.2, 0) is 4.79 Å². The second-order valence-corrected chi connectivity index (χ2v) is 6.55. The number of nitrogens with one attached hydrogen (secondary N) is 1. The van der Waals surface area contributed by atoms with Crippen LogP contribution in [0, 0.1) is 0 Å². The van der Waals surface area contributed by atoms with E-state index in [1.165, 1.54) is 43.4 Å². The number of unbranched alkanes of at least 4 members (excludes halogenated alkanes) is 6. The summed E-state index contributed by atoms with van der Waals surface area (Å²) in [5, 5.41) is 12.3. The van der Waals surface area contributed by atoms with Crippen molar-refractivity contribution in [3.05, 3.63) is 24.5 Å². The summed E-state index contributed by atoms with van der Waals surface area (Å²) < 4.78 is 0. The Hall–Kier alpha value is -1.82. The topological polar surface area (TPSA) is 67.8 Å². The Morgan fingerprint density at radius 2 is 1.74 bits per heavy atom. The third-order valence-corrected chi connectivity index (χ3v) is 4.49. The molecule has 0 fully saturated rings. The zero-order valence-corrected chi connectivity index (χ0v) is 14.4. The lowest BCUT2D eigenvalue weighted by Crippen LogP contribution is -2.10. The van der Waals surface area contributed by atoms with Crippen molar-refractivity contribution in [2.45, 2.75) is 58.3 Å². The molecule has 2 aromatic heterocycles. The van der Waals surface area contributed by atoms with E-state index in [1.54, 1.807) is 12.4 Å². The van der Waals surface area contributed by atoms with Crippen LogP contribution in [0.15, 0.2) is 24.5 Å². The maximum Gasteiger partial charge on any atom is 0.226 e. The number of carbonyl (C=O) groups excluding carboxylic acids is 1. The lowest BCUT2D eigenvalue weighted by Gasteiger charge is -2.02. The van der Waals surface area contributed by atoms with E-state index in [9.17, 15) is 4.79 Å². The fraction of sp³-hybridized carbons (Fsp3) is 0.529. The number of rotatable bonds is 10. The average molecular weight is 332 g/mol. The molecular weight excluding hydrogens is 308 g/mol. The number of aromatic nitrogens is 3. The molecule has 0 radical (unpaired) electrons. The van der Waals surface area contributed by atoms with Gasteiger partial charge in [-0.15, -0.1) is 10.2 Å². The fourth-order valence-electron chi connectivity index (χ4n) is 2.31. The van der Waals surface area contributed by atoms with Crippen LogP contribution in [-0.4, -0.2) is 21.1 Å². The van der Waals surface area contributed by atoms with Crippen LogP contribution in [0.25, 0.3) is 10.6 Å². The molecule has 0 unspecified atom stereocenters. The van der Waals surface area contributed by atoms with Crippen LogP contribution < -0.4 is 5.32 Å². The minimum absolute atomic E-state index is 0.0241. The molecule has 2 rings (SSSR count). The minimum Gasteiger partial charge on any atom is -0.301 e. The molecule has 1 amide bonds. The van der Waals surface area contributed by atoms with Crippen molar-refractivity contribution in [1.29, 1.82) is 0 Å². The molecule has 2 aromatic rings. The van der Waals surface area contributed by atoms with Crippen LogP contribution in [0.1, 0.15) is 58.3 Å². The van der Waals surface area contributed by atoms with Gasteiger partial charge in [0.05, 0.1) is 0 Å². The molecule has 0 aliphatic heterocycles. The number of nitrogens with zero attached hydrogens (tertiary/aromatic N) is 3. The van der Waals surface area contributed by atoms with Crippen LogP contribution in [0.3, 0.4) is 0 Å². The standard InChI is InChI=1S/C17H24N4OS/c1-2-3-4-5-6-7-8-9-15(22)19-17-21-20-16(23-17)14-10-12-18-13-11-14/h10-13H,2-9H2,1H3,(H,19,21,22). The molecule has 23 heavy (non-hydrogen) atoms. The van der Waals surface area contributed by atoms with Gasteiger partial charge in [0, 0.05) is 24.4 Å². The van der Waals surface area contributed by atoms with Gasteiger partial charge in [0.15, 0.2) is 0 Å². The van der Waals surface area contributed by atoms with Crippen LogP contribution in [0.5, 0.6) is 0 Å². The smallest absolute Gasteiger partial charge is 0.226 e. The van der Waals surface area contributed by atoms with E-state index in [2.05, 4.69) is 27.4 Å². The summed E-state index contributed by atoms with van der Waals surface area (Å²) in [5.41, 5.74) is 0.963. The summed E-state index contributed by atoms with van der Waals surface area (Å²) in [6.07, 6.45) is 12.4. The van der Waals surface area contributed by atoms with E-state index in [-0.39, 0.29) is 5.91 Å². The molecule has 0 spiro atoms. The summed E-state index contributed by atoms with van der Waals surface area (Å²) in [4.78, 5) is 15.9. The van der Waals surface area contributed by atoms with E-state index < -0.39 is 0 Å². The Morgan fingerprint density at radius 1 is 1.04 bits per heavy atom. The van der Waals surface area contributed by atoms with E-state index in [0.29, 0.717) is 11.6 Å². The second kappa shape index (κ2) is 10.0. The maximum absolute atomic E-state index is 11.9. The van der Waals surface area contributed by atoms with Crippen molar-refractivity contribution < 1.29 is 4.79 Å². The molecule has 0 atom stereocenters. The Labute approximate surface area is 141 Å². The highest BCUT2D eigenvalue weighted by atomic mass is 32.1. The molecule has 0 aliphatic rings. The van der Waals surface area contributed by atoms with Gasteiger partial charge >= 0.3 is 0 Å². The van der Waals surface area contributed by atoms with Gasteiger partial charge < -0.3 is 5.32 Å². The molecule has 5 nitrogen and oxygen atoms in total. The molecule has 124 valence electrons. The molecule has 0 saturated heterocycles. The van der Waals surface area contributed by atoms with Gasteiger partial charge in [-0.25, -0.2) is 0 Å². The second-order valence-electron chi connectivity index (χ2n) is 5.57. The largest absolute Gasteiger partial charge is 0.301 e. The van der Waals surface area contributed by atoms with Gasteiger partial charge in [-0.3, -0.25) is 9.78 Å². The van der Waals surface area contributed by atoms with Crippen LogP contribution in [0.4, 0.5) is 5.13 Å². The monoisotopic (exact) mass is 332 g/mol. The van der Waals surface area contributed by atoms with Crippen LogP contribution >= 0.6 is 11.3 Å². The molecule has 0 saturated carbocycles. The van der Waals surface area contributed by atoms with E-state index in [0.717, 1.165) is 23.4 Å². The lowest BCUT2D eigenvalue weighted by atomic mass is 10.1. The third kappa shape index (κ3) is 6.44. The Balaban J connectivity index is 1.67. The quantitative estimate of drug-likeness (QED) is 0.641. The normalized spacial score (nSPS) is 10.7. The van der Waals surface area contributed by atoms with Crippen molar-refractivity contribution >= 4 is 22.4 Å². The predicted molar refractivity (Wildman–Crippen MR) is 94.4 cm³/mol. The summed E-state index contributed by atoms with van der Waals surface area (Å²) in [5.74, 6) is 0.0241. The molecule has 1 N–H and O–H groups in total. The minimum atomic E-state index is 0.0241. The van der Waals surface area contributed by atoms with Crippen molar-refractivity contribution in [3.63, 3.8) is 0 Å². The maximum atomic E-state index is 11.9. The Bertz CT molecular complexity index is 585. The van der Waals surface area contributed by atoms with Crippen molar-refractivity contribution in [2.24, 2.45) is 0 Å². The summed E-state index contributed by atoms with van der Waals surface area (Å²) in [6, 6.07) is 3.76. The van der Waals surface area contributed by atoms with Gasteiger partial charge in [-0.05, 0) is 18.6 Å². The highest BCUT2D eigenvalue weighted by Gasteiger charge is 2.09. The first-order chi connectivity index (χ1) is 11.3. The highest BCUT2D eigenvalue weighted by Crippen LogP contribution is 2.25. The number of hydrogen-bond donors (Lipinski definition) is 1. The zero-order chi connectivity index (χ0) is 16.3. The van der Waals surface area contributed by atoms with Gasteiger partial charge in [-0.1, -0.05) is 56.8 Å². The summed E-state index contributed by atoms with van der Waals surface area (Å²) in [6.45, 7) is 2.22. The molecular formula is C17H24N4OS. The number of anilines is 1. The third-order valence-electron chi connectivity index (χ3n) is 3.61. The number of amides is 1. The molecule has 0 bridgehead atoms. The zero-order valence-electron chi connectivity index (χ0n) is 13.6. The molecule has 0 aliphatic carbocycles. The van der Waals surface area contributed by atoms with E-state index in [1.807, 2.05) is 12.1 Å². The summed E-state index contributed by atoms with van der Waals surface area (Å²) >= 11 is 1.39. The summed E-state index contributed by atoms with van der Waals surface area (Å²) in [7, 11) is 0. The fourth-order valence-corrected chi connectivity index (χ4v) is 3.07. The lowest BCUT2D eigenvalue weighted by molar-refractivity contribution is -0.116. The highest BCUT2D eigenvalue weighted by molar-refractivity contribution is 7.18. The van der Waals surface area contributed by atoms with Crippen molar-refractivity contribution in [1.82, 2.24) is 15.2 Å². The van der Waals surface area contributed by atoms with Gasteiger partial charge in [-0.2, -0.15) is 0 Å². The molecule has 0 aromatic carbocycles. The first-order valence-corrected chi connectivity index (χ1v) is 9.15. The van der Waals surface area contributed by atoms with Crippen molar-refractivity contribution in [3.8, 4) is 10.6 Å². The van der Waals surface area contributed by atoms with Crippen LogP contribution in [0.2, 0.25) is 0 Å². The van der Waals surface area contributed by atoms with Crippen molar-refractivity contribution in [2.75, 3.05) is 5.32 Å². The van der Waals surface area contributed by atoms with Gasteiger partial charge in [0.1, 0.15) is 5.01 Å². The van der Waals surface area contributed by atoms with E-state index >= 15 is 0 Å². The first-order valence-electron chi connectivity index (χ1n) is 8.33. The molecule has 6 heteroatoms. The predicted octanol–water partition coefficient (Wildman–Crippen LogP) is 4.68. The average Bonchev–Trinajstić information content (AvgIpc) is 3.03. The Kier molecular flexibility index (Phi) is 7.66. The molecule has 2 heterocycles. The first kappa shape index (κ1) is 17.5. The Morgan fingerprint density at radius 3 is 2.48 bits per heavy atom. The SMILES string of the molecule is CCCCCCCCCC(=O)Nc1nnc(-c2ccncc2)s1. The van der Waals surface area contributed by atoms with Gasteiger partial charge in [0.2, 0.25) is 11.0 Å². The number of hydrogen-bond acceptors (Lipinski definition) is 5. The van der Waals surface area contributed by atoms with Gasteiger partial charge in [0.25, 0.3) is 0 Å². The number of carbonyl (C=O) groups is 1.